The fourth-order valence-electron chi connectivity index (χ4n) is 2.70. The van der Waals surface area contributed by atoms with Crippen LogP contribution in [0.15, 0.2) is 0 Å². The highest BCUT2D eigenvalue weighted by molar-refractivity contribution is 4.66. The molecule has 0 rings (SSSR count). The number of aliphatic hydroxyl groups excluding tert-OH is 2. The van der Waals surface area contributed by atoms with Crippen LogP contribution in [0.4, 0.5) is 0 Å². The van der Waals surface area contributed by atoms with E-state index in [1.165, 1.54) is 64.2 Å². The van der Waals surface area contributed by atoms with Crippen molar-refractivity contribution in [2.24, 2.45) is 0 Å². The van der Waals surface area contributed by atoms with Crippen LogP contribution in [0.25, 0.3) is 0 Å². The van der Waals surface area contributed by atoms with Gasteiger partial charge in [-0.3, -0.25) is 0 Å². The maximum absolute atomic E-state index is 9.74. The van der Waals surface area contributed by atoms with Gasteiger partial charge >= 0.3 is 0 Å². The van der Waals surface area contributed by atoms with Crippen LogP contribution in [0.1, 0.15) is 104 Å². The SMILES string of the molecule is CCCCCCCCCCCCCC(O)C(O)CCC. The van der Waals surface area contributed by atoms with E-state index in [1.807, 2.05) is 6.92 Å². The molecule has 0 amide bonds. The van der Waals surface area contributed by atoms with Crippen molar-refractivity contribution in [3.05, 3.63) is 0 Å². The van der Waals surface area contributed by atoms with Crippen molar-refractivity contribution in [2.45, 2.75) is 116 Å². The largest absolute Gasteiger partial charge is 0.390 e. The van der Waals surface area contributed by atoms with Crippen molar-refractivity contribution in [3.63, 3.8) is 0 Å². The van der Waals surface area contributed by atoms with Crippen LogP contribution in [0.5, 0.6) is 0 Å². The normalized spacial score (nSPS) is 14.4. The molecular weight excluding hydrogens is 248 g/mol. The summed E-state index contributed by atoms with van der Waals surface area (Å²) in [5.74, 6) is 0. The first-order valence-corrected chi connectivity index (χ1v) is 9.08. The molecule has 2 N–H and O–H groups in total. The van der Waals surface area contributed by atoms with E-state index in [2.05, 4.69) is 6.92 Å². The van der Waals surface area contributed by atoms with Crippen molar-refractivity contribution in [3.8, 4) is 0 Å². The van der Waals surface area contributed by atoms with E-state index in [0.29, 0.717) is 0 Å². The minimum Gasteiger partial charge on any atom is -0.390 e. The van der Waals surface area contributed by atoms with E-state index in [1.54, 1.807) is 0 Å². The van der Waals surface area contributed by atoms with Crippen LogP contribution in [-0.2, 0) is 0 Å². The van der Waals surface area contributed by atoms with E-state index < -0.39 is 12.2 Å². The van der Waals surface area contributed by atoms with Gasteiger partial charge < -0.3 is 10.2 Å². The molecule has 0 fully saturated rings. The Hall–Kier alpha value is -0.0800. The van der Waals surface area contributed by atoms with E-state index in [4.69, 9.17) is 0 Å². The topological polar surface area (TPSA) is 40.5 Å². The van der Waals surface area contributed by atoms with E-state index in [0.717, 1.165) is 25.7 Å². The van der Waals surface area contributed by atoms with Gasteiger partial charge in [0.2, 0.25) is 0 Å². The Labute approximate surface area is 127 Å². The zero-order valence-corrected chi connectivity index (χ0v) is 13.9. The van der Waals surface area contributed by atoms with Crippen molar-refractivity contribution < 1.29 is 10.2 Å². The van der Waals surface area contributed by atoms with Crippen molar-refractivity contribution in [1.82, 2.24) is 0 Å². The van der Waals surface area contributed by atoms with Crippen LogP contribution < -0.4 is 0 Å². The van der Waals surface area contributed by atoms with Gasteiger partial charge in [0.1, 0.15) is 0 Å². The molecule has 0 aromatic carbocycles. The quantitative estimate of drug-likeness (QED) is 0.406. The summed E-state index contributed by atoms with van der Waals surface area (Å²) in [6, 6.07) is 0. The average molecular weight is 287 g/mol. The Balaban J connectivity index is 3.16. The lowest BCUT2D eigenvalue weighted by Gasteiger charge is -2.16. The van der Waals surface area contributed by atoms with E-state index in [9.17, 15) is 10.2 Å². The van der Waals surface area contributed by atoms with Crippen LogP contribution in [0.3, 0.4) is 0 Å². The van der Waals surface area contributed by atoms with Gasteiger partial charge in [0.05, 0.1) is 12.2 Å². The molecule has 0 aliphatic heterocycles. The van der Waals surface area contributed by atoms with E-state index >= 15 is 0 Å². The third-order valence-electron chi connectivity index (χ3n) is 4.13. The fourth-order valence-corrected chi connectivity index (χ4v) is 2.70. The van der Waals surface area contributed by atoms with Gasteiger partial charge in [-0.25, -0.2) is 0 Å². The third kappa shape index (κ3) is 12.9. The van der Waals surface area contributed by atoms with Gasteiger partial charge in [-0.2, -0.15) is 0 Å². The Morgan fingerprint density at radius 2 is 0.900 bits per heavy atom. The summed E-state index contributed by atoms with van der Waals surface area (Å²) < 4.78 is 0. The lowest BCUT2D eigenvalue weighted by Crippen LogP contribution is -2.25. The number of aliphatic hydroxyl groups is 2. The smallest absolute Gasteiger partial charge is 0.0799 e. The lowest BCUT2D eigenvalue weighted by molar-refractivity contribution is 0.00816. The second kappa shape index (κ2) is 15.3. The molecule has 0 saturated heterocycles. The molecule has 0 aliphatic carbocycles. The third-order valence-corrected chi connectivity index (χ3v) is 4.13. The minimum atomic E-state index is -0.511. The zero-order chi connectivity index (χ0) is 15.1. The molecule has 2 nitrogen and oxygen atoms in total. The Morgan fingerprint density at radius 3 is 1.35 bits per heavy atom. The number of hydrogen-bond acceptors (Lipinski definition) is 2. The van der Waals surface area contributed by atoms with Gasteiger partial charge in [-0.15, -0.1) is 0 Å². The molecule has 0 spiro atoms. The highest BCUT2D eigenvalue weighted by Gasteiger charge is 2.14. The first-order valence-electron chi connectivity index (χ1n) is 9.08. The number of unbranched alkanes of at least 4 members (excludes halogenated alkanes) is 10. The Kier molecular flexibility index (Phi) is 15.3. The van der Waals surface area contributed by atoms with Crippen LogP contribution in [-0.4, -0.2) is 22.4 Å². The summed E-state index contributed by atoms with van der Waals surface area (Å²) in [7, 11) is 0. The lowest BCUT2D eigenvalue weighted by atomic mass is 10.0. The average Bonchev–Trinajstić information content (AvgIpc) is 2.44. The number of hydrogen-bond donors (Lipinski definition) is 2. The Morgan fingerprint density at radius 1 is 0.500 bits per heavy atom. The monoisotopic (exact) mass is 286 g/mol. The van der Waals surface area contributed by atoms with Gasteiger partial charge in [0.25, 0.3) is 0 Å². The second-order valence-corrected chi connectivity index (χ2v) is 6.25. The molecule has 0 aromatic heterocycles. The molecular formula is C18H38O2. The molecule has 0 radical (unpaired) electrons. The van der Waals surface area contributed by atoms with E-state index in [-0.39, 0.29) is 0 Å². The summed E-state index contributed by atoms with van der Waals surface area (Å²) >= 11 is 0. The molecule has 122 valence electrons. The highest BCUT2D eigenvalue weighted by atomic mass is 16.3. The standard InChI is InChI=1S/C18H38O2/c1-3-5-6-7-8-9-10-11-12-13-14-16-18(20)17(19)15-4-2/h17-20H,3-16H2,1-2H3. The van der Waals surface area contributed by atoms with Gasteiger partial charge in [0, 0.05) is 0 Å². The molecule has 20 heavy (non-hydrogen) atoms. The van der Waals surface area contributed by atoms with Crippen molar-refractivity contribution >= 4 is 0 Å². The molecule has 2 unspecified atom stereocenters. The second-order valence-electron chi connectivity index (χ2n) is 6.25. The molecule has 0 aromatic rings. The molecule has 2 heteroatoms. The van der Waals surface area contributed by atoms with Crippen LogP contribution in [0.2, 0.25) is 0 Å². The maximum Gasteiger partial charge on any atom is 0.0799 e. The first-order chi connectivity index (χ1) is 9.72. The zero-order valence-electron chi connectivity index (χ0n) is 13.9. The molecule has 2 atom stereocenters. The summed E-state index contributed by atoms with van der Waals surface area (Å²) in [6.07, 6.45) is 16.0. The van der Waals surface area contributed by atoms with Gasteiger partial charge in [-0.1, -0.05) is 90.9 Å². The minimum absolute atomic E-state index is 0.506. The number of rotatable bonds is 15. The van der Waals surface area contributed by atoms with Crippen LogP contribution >= 0.6 is 0 Å². The molecule has 0 bridgehead atoms. The molecule has 0 heterocycles. The predicted octanol–water partition coefficient (Wildman–Crippen LogP) is 5.21. The molecule has 0 saturated carbocycles. The predicted molar refractivity (Wildman–Crippen MR) is 88.0 cm³/mol. The van der Waals surface area contributed by atoms with Crippen LogP contribution in [0, 0.1) is 0 Å². The summed E-state index contributed by atoms with van der Waals surface area (Å²) in [5, 5.41) is 19.4. The summed E-state index contributed by atoms with van der Waals surface area (Å²) in [5.41, 5.74) is 0. The maximum atomic E-state index is 9.74. The summed E-state index contributed by atoms with van der Waals surface area (Å²) in [6.45, 7) is 4.30. The fraction of sp³-hybridized carbons (Fsp3) is 1.00. The summed E-state index contributed by atoms with van der Waals surface area (Å²) in [4.78, 5) is 0. The first kappa shape index (κ1) is 19.9. The Bertz CT molecular complexity index is 182. The van der Waals surface area contributed by atoms with Gasteiger partial charge in [0.15, 0.2) is 0 Å². The van der Waals surface area contributed by atoms with Crippen molar-refractivity contribution in [2.75, 3.05) is 0 Å². The highest BCUT2D eigenvalue weighted by Crippen LogP contribution is 2.14. The van der Waals surface area contributed by atoms with Crippen molar-refractivity contribution in [1.29, 1.82) is 0 Å². The van der Waals surface area contributed by atoms with Gasteiger partial charge in [-0.05, 0) is 12.8 Å². The molecule has 0 aliphatic rings.